The number of ketones is 1. The summed E-state index contributed by atoms with van der Waals surface area (Å²) < 4.78 is 1.80. The van der Waals surface area contributed by atoms with E-state index in [-0.39, 0.29) is 18.2 Å². The summed E-state index contributed by atoms with van der Waals surface area (Å²) in [4.78, 5) is 38.1. The van der Waals surface area contributed by atoms with Gasteiger partial charge >= 0.3 is 0 Å². The lowest BCUT2D eigenvalue weighted by atomic mass is 9.62. The second-order valence-electron chi connectivity index (χ2n) is 13.7. The highest BCUT2D eigenvalue weighted by molar-refractivity contribution is 6.15. The predicted molar refractivity (Wildman–Crippen MR) is 201 cm³/mol. The molecule has 0 unspecified atom stereocenters. The molecule has 0 bridgehead atoms. The van der Waals surface area contributed by atoms with Crippen LogP contribution in [0.2, 0.25) is 0 Å². The number of carbonyl (C=O) groups is 2. The Morgan fingerprint density at radius 2 is 1.52 bits per heavy atom. The molecule has 3 atom stereocenters. The number of carbonyl (C=O) groups excluding carboxylic acids is 2. The van der Waals surface area contributed by atoms with E-state index in [4.69, 9.17) is 5.10 Å². The normalized spacial score (nSPS) is 21.1. The van der Waals surface area contributed by atoms with E-state index in [0.29, 0.717) is 23.4 Å². The summed E-state index contributed by atoms with van der Waals surface area (Å²) >= 11 is 0. The average Bonchev–Trinajstić information content (AvgIpc) is 3.95. The highest BCUT2D eigenvalue weighted by Gasteiger charge is 2.72. The van der Waals surface area contributed by atoms with E-state index in [1.807, 2.05) is 163 Å². The van der Waals surface area contributed by atoms with Gasteiger partial charge in [-0.2, -0.15) is 10.4 Å². The topological polar surface area (TPSA) is 98.0 Å². The maximum absolute atomic E-state index is 15.7. The fourth-order valence-corrected chi connectivity index (χ4v) is 8.68. The third-order valence-corrected chi connectivity index (χ3v) is 10.9. The molecule has 7 aromatic rings. The van der Waals surface area contributed by atoms with Crippen LogP contribution >= 0.6 is 0 Å². The zero-order valence-electron chi connectivity index (χ0n) is 28.5. The van der Waals surface area contributed by atoms with Crippen LogP contribution in [-0.4, -0.2) is 44.9 Å². The second kappa shape index (κ2) is 12.0. The van der Waals surface area contributed by atoms with Crippen molar-refractivity contribution in [2.24, 2.45) is 5.41 Å². The van der Waals surface area contributed by atoms with Crippen LogP contribution in [0.15, 0.2) is 152 Å². The van der Waals surface area contributed by atoms with E-state index in [2.05, 4.69) is 11.1 Å². The minimum Gasteiger partial charge on any atom is -0.360 e. The molecule has 2 aliphatic heterocycles. The number of nitrogens with zero attached hydrogens (tertiary/aromatic N) is 5. The van der Waals surface area contributed by atoms with Crippen molar-refractivity contribution in [3.05, 3.63) is 174 Å². The number of anilines is 1. The Hall–Kier alpha value is -6.56. The molecule has 1 saturated heterocycles. The smallest absolute Gasteiger partial charge is 0.253 e. The standard InChI is InChI=1S/C44H34N6O2/c1-48-29-43(28-45,41(51)34-25-46-37-23-13-11-21-33(34)37)40(35-27-50(32-19-9-4-10-20-32)47-39(35)31-17-7-3-8-18-31)44(48)36-22-12-14-24-38(36)49(42(44)52)26-30-15-5-2-6-16-30/h2-25,27,40,46H,26,29H2,1H3/t40-,43+,44+/m1/s1. The SMILES string of the molecule is CN1C[C@](C#N)(C(=O)c2c[nH]c3ccccc23)[C@@H](c2cn(-c3ccccc3)nc2-c2ccccc2)[C@@]12C(=O)N(Cc1ccccc1)c1ccccc12. The number of likely N-dealkylation sites (N-methyl/N-ethyl adjacent to an activating group) is 1. The minimum absolute atomic E-state index is 0.0243. The highest BCUT2D eigenvalue weighted by atomic mass is 16.2. The largest absolute Gasteiger partial charge is 0.360 e. The van der Waals surface area contributed by atoms with Crippen molar-refractivity contribution >= 4 is 28.3 Å². The van der Waals surface area contributed by atoms with Crippen molar-refractivity contribution in [1.82, 2.24) is 19.7 Å². The van der Waals surface area contributed by atoms with Gasteiger partial charge in [0.15, 0.2) is 5.78 Å². The van der Waals surface area contributed by atoms with Crippen molar-refractivity contribution in [2.45, 2.75) is 18.0 Å². The summed E-state index contributed by atoms with van der Waals surface area (Å²) in [5, 5.41) is 17.5. The van der Waals surface area contributed by atoms with Gasteiger partial charge in [0.2, 0.25) is 0 Å². The lowest BCUT2D eigenvalue weighted by molar-refractivity contribution is -0.128. The van der Waals surface area contributed by atoms with Gasteiger partial charge in [-0.15, -0.1) is 0 Å². The van der Waals surface area contributed by atoms with Gasteiger partial charge in [0.1, 0.15) is 11.0 Å². The predicted octanol–water partition coefficient (Wildman–Crippen LogP) is 7.88. The Bertz CT molecular complexity index is 2520. The van der Waals surface area contributed by atoms with Gasteiger partial charge in [-0.3, -0.25) is 14.5 Å². The van der Waals surface area contributed by atoms with Crippen LogP contribution < -0.4 is 4.90 Å². The Kier molecular flexibility index (Phi) is 7.28. The molecule has 1 spiro atoms. The average molecular weight is 679 g/mol. The molecule has 1 amide bonds. The molecule has 52 heavy (non-hydrogen) atoms. The molecule has 9 rings (SSSR count). The molecule has 1 N–H and O–H groups in total. The fourth-order valence-electron chi connectivity index (χ4n) is 8.68. The highest BCUT2D eigenvalue weighted by Crippen LogP contribution is 2.64. The number of H-pyrrole nitrogens is 1. The van der Waals surface area contributed by atoms with E-state index in [1.165, 1.54) is 0 Å². The van der Waals surface area contributed by atoms with Crippen molar-refractivity contribution in [3.8, 4) is 23.0 Å². The van der Waals surface area contributed by atoms with Gasteiger partial charge in [-0.1, -0.05) is 115 Å². The number of amides is 1. The molecule has 4 heterocycles. The lowest BCUT2D eigenvalue weighted by Crippen LogP contribution is -2.51. The number of hydrogen-bond acceptors (Lipinski definition) is 5. The minimum atomic E-state index is -1.70. The summed E-state index contributed by atoms with van der Waals surface area (Å²) in [6.07, 6.45) is 3.62. The molecule has 5 aromatic carbocycles. The number of nitriles is 1. The first-order chi connectivity index (χ1) is 25.5. The van der Waals surface area contributed by atoms with Crippen molar-refractivity contribution in [3.63, 3.8) is 0 Å². The summed E-state index contributed by atoms with van der Waals surface area (Å²) in [5.41, 5.74) is 3.51. The number of aromatic amines is 1. The van der Waals surface area contributed by atoms with Crippen LogP contribution in [-0.2, 0) is 16.9 Å². The molecule has 0 saturated carbocycles. The van der Waals surface area contributed by atoms with Gasteiger partial charge < -0.3 is 9.88 Å². The van der Waals surface area contributed by atoms with Crippen LogP contribution in [0.5, 0.6) is 0 Å². The van der Waals surface area contributed by atoms with E-state index < -0.39 is 16.9 Å². The molecule has 1 fully saturated rings. The molecule has 0 aliphatic carbocycles. The second-order valence-corrected chi connectivity index (χ2v) is 13.7. The molecule has 8 heteroatoms. The maximum atomic E-state index is 15.7. The molecule has 0 radical (unpaired) electrons. The molecular weight excluding hydrogens is 645 g/mol. The first kappa shape index (κ1) is 31.4. The summed E-state index contributed by atoms with van der Waals surface area (Å²) in [6.45, 7) is 0.361. The molecule has 252 valence electrons. The van der Waals surface area contributed by atoms with Crippen LogP contribution in [0, 0.1) is 16.7 Å². The zero-order chi connectivity index (χ0) is 35.5. The number of nitrogens with one attached hydrogen (secondary N) is 1. The van der Waals surface area contributed by atoms with Gasteiger partial charge in [0.25, 0.3) is 5.91 Å². The van der Waals surface area contributed by atoms with Crippen molar-refractivity contribution < 1.29 is 9.59 Å². The Labute approximate surface area is 301 Å². The number of fused-ring (bicyclic) bond motifs is 3. The molecule has 8 nitrogen and oxygen atoms in total. The number of para-hydroxylation sites is 3. The van der Waals surface area contributed by atoms with Gasteiger partial charge in [0, 0.05) is 63.7 Å². The Morgan fingerprint density at radius 3 is 2.27 bits per heavy atom. The van der Waals surface area contributed by atoms with E-state index in [1.54, 1.807) is 10.9 Å². The number of aromatic nitrogens is 3. The van der Waals surface area contributed by atoms with Gasteiger partial charge in [-0.05, 0) is 36.9 Å². The molecular formula is C44H34N6O2. The van der Waals surface area contributed by atoms with Gasteiger partial charge in [-0.25, -0.2) is 4.68 Å². The van der Waals surface area contributed by atoms with Crippen molar-refractivity contribution in [1.29, 1.82) is 5.26 Å². The quantitative estimate of drug-likeness (QED) is 0.173. The van der Waals surface area contributed by atoms with Crippen LogP contribution in [0.4, 0.5) is 5.69 Å². The zero-order valence-corrected chi connectivity index (χ0v) is 28.5. The van der Waals surface area contributed by atoms with Gasteiger partial charge in [0.05, 0.1) is 24.0 Å². The fraction of sp³-hybridized carbons (Fsp3) is 0.136. The third kappa shape index (κ3) is 4.46. The maximum Gasteiger partial charge on any atom is 0.253 e. The van der Waals surface area contributed by atoms with Crippen LogP contribution in [0.1, 0.15) is 33.0 Å². The summed E-state index contributed by atoms with van der Waals surface area (Å²) in [7, 11) is 1.87. The first-order valence-corrected chi connectivity index (χ1v) is 17.4. The van der Waals surface area contributed by atoms with E-state index >= 15 is 9.59 Å². The van der Waals surface area contributed by atoms with Crippen LogP contribution in [0.3, 0.4) is 0 Å². The molecule has 2 aliphatic rings. The number of benzene rings is 5. The Morgan fingerprint density at radius 1 is 0.865 bits per heavy atom. The van der Waals surface area contributed by atoms with Crippen LogP contribution in [0.25, 0.3) is 27.8 Å². The molecule has 2 aromatic heterocycles. The van der Waals surface area contributed by atoms with Crippen molar-refractivity contribution in [2.75, 3.05) is 18.5 Å². The van der Waals surface area contributed by atoms with E-state index in [9.17, 15) is 5.26 Å². The summed E-state index contributed by atoms with van der Waals surface area (Å²) in [5.74, 6) is -1.47. The number of Topliss-reactive ketones (excluding diaryl/α,β-unsaturated/α-hetero) is 1. The number of hydrogen-bond donors (Lipinski definition) is 1. The monoisotopic (exact) mass is 678 g/mol. The third-order valence-electron chi connectivity index (χ3n) is 10.9. The Balaban J connectivity index is 1.35. The van der Waals surface area contributed by atoms with E-state index in [0.717, 1.165) is 39.0 Å². The lowest BCUT2D eigenvalue weighted by Gasteiger charge is -2.38. The number of likely N-dealkylation sites (tertiary alicyclic amines) is 1. The summed E-state index contributed by atoms with van der Waals surface area (Å²) in [6, 6.07) is 47.5. The first-order valence-electron chi connectivity index (χ1n) is 17.4. The number of rotatable bonds is 7.